The van der Waals surface area contributed by atoms with Gasteiger partial charge in [0.1, 0.15) is 0 Å². The fourth-order valence-corrected chi connectivity index (χ4v) is 8.36. The number of esters is 1. The summed E-state index contributed by atoms with van der Waals surface area (Å²) in [7, 11) is 0. The van der Waals surface area contributed by atoms with E-state index in [2.05, 4.69) is 20.8 Å². The van der Waals surface area contributed by atoms with Gasteiger partial charge < -0.3 is 14.9 Å². The summed E-state index contributed by atoms with van der Waals surface area (Å²) >= 11 is 0. The molecule has 1 heterocycles. The van der Waals surface area contributed by atoms with Gasteiger partial charge in [-0.3, -0.25) is 4.79 Å². The van der Waals surface area contributed by atoms with Crippen molar-refractivity contribution in [2.75, 3.05) is 6.61 Å². The van der Waals surface area contributed by atoms with Crippen LogP contribution in [0.4, 0.5) is 0 Å². The first-order valence-electron chi connectivity index (χ1n) is 12.7. The van der Waals surface area contributed by atoms with Crippen molar-refractivity contribution in [2.45, 2.75) is 58.7 Å². The number of hydrogen-bond donors (Lipinski definition) is 2. The molecule has 8 atom stereocenters. The van der Waals surface area contributed by atoms with Crippen molar-refractivity contribution in [1.29, 1.82) is 0 Å². The van der Waals surface area contributed by atoms with Gasteiger partial charge in [-0.05, 0) is 65.4 Å². The molecule has 34 heavy (non-hydrogen) atoms. The molecule has 4 aliphatic rings. The van der Waals surface area contributed by atoms with Gasteiger partial charge in [0, 0.05) is 30.6 Å². The molecule has 0 saturated heterocycles. The molecule has 3 fully saturated rings. The summed E-state index contributed by atoms with van der Waals surface area (Å²) in [5, 5.41) is 21.9. The number of ether oxygens (including phenoxy) is 1. The number of rotatable bonds is 4. The average molecular weight is 465 g/mol. The van der Waals surface area contributed by atoms with Crippen molar-refractivity contribution in [3.8, 4) is 0 Å². The zero-order chi connectivity index (χ0) is 24.3. The number of fused-ring (bicyclic) bond motifs is 4. The van der Waals surface area contributed by atoms with Crippen LogP contribution >= 0.6 is 0 Å². The summed E-state index contributed by atoms with van der Waals surface area (Å²) in [5.74, 6) is -1.91. The fraction of sp³-hybridized carbons (Fsp3) is 0.586. The molecular weight excluding hydrogens is 428 g/mol. The van der Waals surface area contributed by atoms with Crippen LogP contribution in [0.3, 0.4) is 0 Å². The van der Waals surface area contributed by atoms with Crippen LogP contribution in [0.2, 0.25) is 0 Å². The minimum Gasteiger partial charge on any atom is -0.426 e. The van der Waals surface area contributed by atoms with Crippen molar-refractivity contribution in [3.63, 3.8) is 0 Å². The van der Waals surface area contributed by atoms with Crippen molar-refractivity contribution in [1.82, 2.24) is 0 Å². The Morgan fingerprint density at radius 3 is 2.65 bits per heavy atom. The molecule has 182 valence electrons. The lowest BCUT2D eigenvalue weighted by molar-refractivity contribution is -0.229. The zero-order valence-electron chi connectivity index (χ0n) is 20.4. The Morgan fingerprint density at radius 1 is 1.21 bits per heavy atom. The first kappa shape index (κ1) is 23.5. The van der Waals surface area contributed by atoms with Crippen LogP contribution in [0, 0.1) is 40.4 Å². The minimum atomic E-state index is -1.54. The maximum atomic E-state index is 13.8. The zero-order valence-corrected chi connectivity index (χ0v) is 20.4. The normalized spacial score (nSPS) is 43.5. The van der Waals surface area contributed by atoms with Crippen molar-refractivity contribution in [2.24, 2.45) is 40.4 Å². The van der Waals surface area contributed by atoms with Gasteiger partial charge in [-0.15, -0.1) is 0 Å². The maximum absolute atomic E-state index is 13.8. The van der Waals surface area contributed by atoms with E-state index in [1.165, 1.54) is 6.08 Å². The Labute approximate surface area is 201 Å². The molecule has 0 amide bonds. The SMILES string of the molecule is C[C@@H]1C2=CC(=O)O[C@]2(O)C[C@H]2[C@@H]1C[C@@H](C(=O)/C=C/c1ccccc1)[C@@H]1[C@](C)(CO)CCC[C@]12C. The lowest BCUT2D eigenvalue weighted by Crippen LogP contribution is -2.62. The van der Waals surface area contributed by atoms with E-state index >= 15 is 0 Å². The van der Waals surface area contributed by atoms with E-state index in [0.29, 0.717) is 18.4 Å². The second-order valence-electron chi connectivity index (χ2n) is 11.7. The van der Waals surface area contributed by atoms with Gasteiger partial charge in [0.25, 0.3) is 0 Å². The van der Waals surface area contributed by atoms with Gasteiger partial charge in [-0.2, -0.15) is 0 Å². The summed E-state index contributed by atoms with van der Waals surface area (Å²) in [6.45, 7) is 6.48. The van der Waals surface area contributed by atoms with Crippen LogP contribution < -0.4 is 0 Å². The van der Waals surface area contributed by atoms with Crippen molar-refractivity contribution in [3.05, 3.63) is 53.6 Å². The third-order valence-corrected chi connectivity index (χ3v) is 9.81. The Kier molecular flexibility index (Phi) is 5.64. The summed E-state index contributed by atoms with van der Waals surface area (Å²) in [4.78, 5) is 25.9. The van der Waals surface area contributed by atoms with Crippen LogP contribution in [0.5, 0.6) is 0 Å². The molecule has 1 aliphatic heterocycles. The summed E-state index contributed by atoms with van der Waals surface area (Å²) < 4.78 is 5.43. The monoisotopic (exact) mass is 464 g/mol. The second kappa shape index (κ2) is 8.17. The Bertz CT molecular complexity index is 1040. The predicted octanol–water partition coefficient (Wildman–Crippen LogP) is 4.54. The van der Waals surface area contributed by atoms with Gasteiger partial charge >= 0.3 is 5.97 Å². The van der Waals surface area contributed by atoms with Gasteiger partial charge in [0.15, 0.2) is 5.78 Å². The average Bonchev–Trinajstić information content (AvgIpc) is 3.12. The Morgan fingerprint density at radius 2 is 1.94 bits per heavy atom. The molecule has 3 aliphatic carbocycles. The molecule has 3 saturated carbocycles. The van der Waals surface area contributed by atoms with Crippen LogP contribution in [-0.2, 0) is 14.3 Å². The smallest absolute Gasteiger partial charge is 0.333 e. The van der Waals surface area contributed by atoms with E-state index in [1.54, 1.807) is 6.08 Å². The highest BCUT2D eigenvalue weighted by Crippen LogP contribution is 2.68. The number of carbonyl (C=O) groups excluding carboxylic acids is 2. The number of aliphatic hydroxyl groups is 2. The number of benzene rings is 1. The summed E-state index contributed by atoms with van der Waals surface area (Å²) in [6.07, 6.45) is 8.93. The predicted molar refractivity (Wildman–Crippen MR) is 129 cm³/mol. The fourth-order valence-electron chi connectivity index (χ4n) is 8.36. The van der Waals surface area contributed by atoms with E-state index in [1.807, 2.05) is 36.4 Å². The molecular formula is C29H36O5. The Hall–Kier alpha value is -2.24. The highest BCUT2D eigenvalue weighted by molar-refractivity contribution is 5.96. The Balaban J connectivity index is 1.56. The molecule has 0 spiro atoms. The van der Waals surface area contributed by atoms with Gasteiger partial charge in [0.2, 0.25) is 5.79 Å². The standard InChI is InChI=1S/C29H36O5/c1-18-20-14-21(24(31)11-10-19-8-5-4-6-9-19)26-27(2,17-30)12-7-13-28(26,3)23(20)16-29(33)22(18)15-25(32)34-29/h4-6,8-11,15,18,20-21,23,26,30,33H,7,12-14,16-17H2,1-3H3/b11-10+/t18-,20+,21-,23-,26+,27-,28-,29+/m0/s1. The van der Waals surface area contributed by atoms with E-state index in [4.69, 9.17) is 4.74 Å². The number of aliphatic hydroxyl groups excluding tert-OH is 1. The van der Waals surface area contributed by atoms with Gasteiger partial charge in [-0.1, -0.05) is 63.6 Å². The molecule has 0 bridgehead atoms. The molecule has 0 aromatic heterocycles. The van der Waals surface area contributed by atoms with Crippen molar-refractivity contribution < 1.29 is 24.5 Å². The topological polar surface area (TPSA) is 83.8 Å². The molecule has 1 aromatic rings. The van der Waals surface area contributed by atoms with E-state index in [0.717, 1.165) is 24.8 Å². The summed E-state index contributed by atoms with van der Waals surface area (Å²) in [6, 6.07) is 9.84. The summed E-state index contributed by atoms with van der Waals surface area (Å²) in [5.41, 5.74) is 1.04. The molecule has 2 N–H and O–H groups in total. The molecule has 0 radical (unpaired) electrons. The lowest BCUT2D eigenvalue weighted by atomic mass is 9.40. The highest BCUT2D eigenvalue weighted by Gasteiger charge is 2.65. The molecule has 1 aromatic carbocycles. The van der Waals surface area contributed by atoms with Gasteiger partial charge in [-0.25, -0.2) is 4.79 Å². The second-order valence-corrected chi connectivity index (χ2v) is 11.7. The third kappa shape index (κ3) is 3.51. The highest BCUT2D eigenvalue weighted by atomic mass is 16.7. The first-order valence-corrected chi connectivity index (χ1v) is 12.7. The quantitative estimate of drug-likeness (QED) is 0.505. The van der Waals surface area contributed by atoms with Crippen LogP contribution in [0.15, 0.2) is 48.1 Å². The van der Waals surface area contributed by atoms with Crippen LogP contribution in [0.1, 0.15) is 58.4 Å². The van der Waals surface area contributed by atoms with Crippen molar-refractivity contribution >= 4 is 17.8 Å². The lowest BCUT2D eigenvalue weighted by Gasteiger charge is -2.65. The number of ketones is 1. The molecule has 5 rings (SSSR count). The van der Waals surface area contributed by atoms with Crippen LogP contribution in [0.25, 0.3) is 6.08 Å². The van der Waals surface area contributed by atoms with Gasteiger partial charge in [0.05, 0.1) is 0 Å². The molecule has 0 unspecified atom stereocenters. The number of allylic oxidation sites excluding steroid dienone is 1. The molecule has 5 heteroatoms. The van der Waals surface area contributed by atoms with E-state index in [-0.39, 0.29) is 52.8 Å². The largest absolute Gasteiger partial charge is 0.426 e. The number of hydrogen-bond acceptors (Lipinski definition) is 5. The molecule has 5 nitrogen and oxygen atoms in total. The first-order chi connectivity index (χ1) is 16.1. The van der Waals surface area contributed by atoms with E-state index in [9.17, 15) is 19.8 Å². The van der Waals surface area contributed by atoms with Crippen LogP contribution in [-0.4, -0.2) is 34.4 Å². The minimum absolute atomic E-state index is 0.00800. The third-order valence-electron chi connectivity index (χ3n) is 9.81. The van der Waals surface area contributed by atoms with E-state index < -0.39 is 11.8 Å². The number of carbonyl (C=O) groups is 2. The maximum Gasteiger partial charge on any atom is 0.333 e.